The second-order valence-electron chi connectivity index (χ2n) is 9.63. The monoisotopic (exact) mass is 360 g/mol. The molecule has 25 heavy (non-hydrogen) atoms. The van der Waals surface area contributed by atoms with Gasteiger partial charge in [0.1, 0.15) is 16.8 Å². The van der Waals surface area contributed by atoms with E-state index in [9.17, 15) is 14.1 Å². The quantitative estimate of drug-likeness (QED) is 0.673. The Morgan fingerprint density at radius 1 is 1.24 bits per heavy atom. The summed E-state index contributed by atoms with van der Waals surface area (Å²) >= 11 is -0.815. The molecule has 3 saturated carbocycles. The number of fused-ring (bicyclic) bond motifs is 3. The number of hydrogen-bond donors (Lipinski definition) is 0. The third-order valence-electron chi connectivity index (χ3n) is 8.90. The molecule has 2 bridgehead atoms. The van der Waals surface area contributed by atoms with Gasteiger partial charge in [-0.2, -0.15) is 0 Å². The van der Waals surface area contributed by atoms with E-state index in [0.717, 1.165) is 44.3 Å². The molecule has 4 heteroatoms. The standard InChI is InChI=1S/C21H28O3S/c1-12(22)15-3-4-16-14-10-19-18-9-13(23)5-8-21(18,11-25(19)24)17(14)6-7-20(15,16)2/h9,14-17,19H,3-8,10-11H2,1-2H3/t14?,15?,16?,17?,19-,20-,21+,25?/m1/s1. The topological polar surface area (TPSA) is 57.2 Å². The Morgan fingerprint density at radius 2 is 2.04 bits per heavy atom. The minimum absolute atomic E-state index is 0.0436. The van der Waals surface area contributed by atoms with Crippen LogP contribution >= 0.6 is 0 Å². The molecule has 0 N–H and O–H groups in total. The zero-order valence-corrected chi connectivity index (χ0v) is 16.1. The van der Waals surface area contributed by atoms with Crippen LogP contribution in [0.4, 0.5) is 0 Å². The van der Waals surface area contributed by atoms with Gasteiger partial charge in [0.2, 0.25) is 0 Å². The molecule has 136 valence electrons. The van der Waals surface area contributed by atoms with Gasteiger partial charge in [0.05, 0.1) is 0 Å². The van der Waals surface area contributed by atoms with Crippen LogP contribution in [-0.4, -0.2) is 27.1 Å². The minimum atomic E-state index is -0.815. The molecule has 1 saturated heterocycles. The maximum atomic E-state index is 12.9. The van der Waals surface area contributed by atoms with E-state index in [1.165, 1.54) is 5.57 Å². The zero-order chi connectivity index (χ0) is 17.6. The molecular weight excluding hydrogens is 332 g/mol. The summed E-state index contributed by atoms with van der Waals surface area (Å²) in [5, 5.41) is 0.115. The van der Waals surface area contributed by atoms with Crippen molar-refractivity contribution in [2.45, 2.75) is 64.0 Å². The summed E-state index contributed by atoms with van der Waals surface area (Å²) in [5.74, 6) is 3.41. The summed E-state index contributed by atoms with van der Waals surface area (Å²) in [5.41, 5.74) is 1.45. The van der Waals surface area contributed by atoms with Gasteiger partial charge in [-0.05, 0) is 85.0 Å². The fourth-order valence-corrected chi connectivity index (χ4v) is 10.2. The van der Waals surface area contributed by atoms with E-state index in [-0.39, 0.29) is 27.8 Å². The first-order valence-corrected chi connectivity index (χ1v) is 11.4. The van der Waals surface area contributed by atoms with Gasteiger partial charge in [0.25, 0.3) is 0 Å². The van der Waals surface area contributed by atoms with Crippen molar-refractivity contribution >= 4 is 22.7 Å². The highest BCUT2D eigenvalue weighted by atomic mass is 32.2. The van der Waals surface area contributed by atoms with Crippen LogP contribution in [0.5, 0.6) is 0 Å². The van der Waals surface area contributed by atoms with E-state index in [1.807, 2.05) is 6.08 Å². The van der Waals surface area contributed by atoms with Gasteiger partial charge in [0.15, 0.2) is 5.78 Å². The third-order valence-corrected chi connectivity index (χ3v) is 10.8. The number of hydrogen-bond acceptors (Lipinski definition) is 3. The molecule has 0 spiro atoms. The van der Waals surface area contributed by atoms with Gasteiger partial charge in [-0.15, -0.1) is 0 Å². The molecule has 0 aromatic carbocycles. The van der Waals surface area contributed by atoms with Crippen LogP contribution in [0.2, 0.25) is 0 Å². The number of Topliss-reactive ketones (excluding diaryl/α,β-unsaturated/α-hetero) is 1. The van der Waals surface area contributed by atoms with Crippen molar-refractivity contribution in [3.05, 3.63) is 11.6 Å². The molecule has 4 fully saturated rings. The van der Waals surface area contributed by atoms with Gasteiger partial charge in [0, 0.05) is 24.2 Å². The minimum Gasteiger partial charge on any atom is -0.616 e. The van der Waals surface area contributed by atoms with Crippen molar-refractivity contribution in [3.8, 4) is 0 Å². The molecule has 0 aromatic rings. The van der Waals surface area contributed by atoms with Gasteiger partial charge in [-0.1, -0.05) is 6.92 Å². The highest BCUT2D eigenvalue weighted by Crippen LogP contribution is 2.69. The average Bonchev–Trinajstić information content (AvgIpc) is 3.00. The summed E-state index contributed by atoms with van der Waals surface area (Å²) < 4.78 is 12.9. The second kappa shape index (κ2) is 5.22. The van der Waals surface area contributed by atoms with Crippen LogP contribution in [0.3, 0.4) is 0 Å². The van der Waals surface area contributed by atoms with E-state index >= 15 is 0 Å². The molecule has 0 aromatic heterocycles. The molecule has 0 amide bonds. The van der Waals surface area contributed by atoms with Crippen molar-refractivity contribution in [1.29, 1.82) is 0 Å². The van der Waals surface area contributed by atoms with E-state index in [0.29, 0.717) is 30.0 Å². The molecule has 5 aliphatic rings. The van der Waals surface area contributed by atoms with E-state index < -0.39 is 11.2 Å². The van der Waals surface area contributed by atoms with Crippen LogP contribution in [-0.2, 0) is 20.8 Å². The SMILES string of the molecule is CC(=O)C1CCC2C3C[C@@H]4C5=CC(=O)CC[C@]5(C[S+]4[O-])C3CC[C@]12C. The normalized spacial score (nSPS) is 53.7. The number of carbonyl (C=O) groups is 2. The van der Waals surface area contributed by atoms with Gasteiger partial charge in [-0.3, -0.25) is 9.59 Å². The zero-order valence-electron chi connectivity index (χ0n) is 15.3. The molecule has 1 heterocycles. The molecule has 8 atom stereocenters. The molecule has 4 aliphatic carbocycles. The van der Waals surface area contributed by atoms with E-state index in [2.05, 4.69) is 6.92 Å². The lowest BCUT2D eigenvalue weighted by atomic mass is 9.46. The lowest BCUT2D eigenvalue weighted by Crippen LogP contribution is -2.52. The van der Waals surface area contributed by atoms with Crippen molar-refractivity contribution < 1.29 is 14.1 Å². The lowest BCUT2D eigenvalue weighted by molar-refractivity contribution is -0.128. The van der Waals surface area contributed by atoms with Crippen molar-refractivity contribution in [3.63, 3.8) is 0 Å². The summed E-state index contributed by atoms with van der Waals surface area (Å²) in [6, 6.07) is 0. The van der Waals surface area contributed by atoms with Crippen LogP contribution in [0.1, 0.15) is 58.8 Å². The first kappa shape index (κ1) is 16.6. The largest absolute Gasteiger partial charge is 0.616 e. The molecule has 3 nitrogen and oxygen atoms in total. The Balaban J connectivity index is 1.56. The van der Waals surface area contributed by atoms with Crippen molar-refractivity contribution in [2.24, 2.45) is 34.5 Å². The maximum absolute atomic E-state index is 12.9. The highest BCUT2D eigenvalue weighted by Gasteiger charge is 2.68. The Labute approximate surface area is 153 Å². The van der Waals surface area contributed by atoms with Gasteiger partial charge in [-0.25, -0.2) is 0 Å². The fourth-order valence-electron chi connectivity index (χ4n) is 7.90. The number of rotatable bonds is 1. The van der Waals surface area contributed by atoms with Crippen LogP contribution in [0.15, 0.2) is 11.6 Å². The maximum Gasteiger partial charge on any atom is 0.155 e. The molecule has 0 radical (unpaired) electrons. The summed E-state index contributed by atoms with van der Waals surface area (Å²) in [4.78, 5) is 24.3. The molecule has 5 unspecified atom stereocenters. The summed E-state index contributed by atoms with van der Waals surface area (Å²) in [7, 11) is 0. The highest BCUT2D eigenvalue weighted by molar-refractivity contribution is 7.92. The second-order valence-corrected chi connectivity index (χ2v) is 11.3. The van der Waals surface area contributed by atoms with E-state index in [4.69, 9.17) is 0 Å². The number of carbonyl (C=O) groups excluding carboxylic acids is 2. The van der Waals surface area contributed by atoms with Crippen LogP contribution in [0.25, 0.3) is 0 Å². The van der Waals surface area contributed by atoms with Crippen molar-refractivity contribution in [1.82, 2.24) is 0 Å². The fraction of sp³-hybridized carbons (Fsp3) is 0.810. The average molecular weight is 361 g/mol. The predicted octanol–water partition coefficient (Wildman–Crippen LogP) is 3.44. The first-order chi connectivity index (χ1) is 11.9. The lowest BCUT2D eigenvalue weighted by Gasteiger charge is -2.55. The van der Waals surface area contributed by atoms with Gasteiger partial charge >= 0.3 is 0 Å². The Bertz CT molecular complexity index is 685. The molecular formula is C21H28O3S. The predicted molar refractivity (Wildman–Crippen MR) is 97.4 cm³/mol. The summed E-state index contributed by atoms with van der Waals surface area (Å²) in [6.07, 6.45) is 8.91. The summed E-state index contributed by atoms with van der Waals surface area (Å²) in [6.45, 7) is 4.13. The first-order valence-electron chi connectivity index (χ1n) is 9.99. The third kappa shape index (κ3) is 1.99. The molecule has 5 rings (SSSR count). The van der Waals surface area contributed by atoms with Crippen molar-refractivity contribution in [2.75, 3.05) is 5.75 Å². The van der Waals surface area contributed by atoms with Gasteiger partial charge < -0.3 is 4.55 Å². The van der Waals surface area contributed by atoms with Crippen LogP contribution in [0, 0.1) is 34.5 Å². The number of ketones is 2. The Kier molecular flexibility index (Phi) is 3.46. The Morgan fingerprint density at radius 3 is 2.80 bits per heavy atom. The molecule has 1 aliphatic heterocycles. The van der Waals surface area contributed by atoms with E-state index in [1.54, 1.807) is 6.92 Å². The van der Waals surface area contributed by atoms with Crippen LogP contribution < -0.4 is 0 Å². The Hall–Kier alpha value is -0.610. The smallest absolute Gasteiger partial charge is 0.155 e.